The SMILES string of the molecule is NC(c1cccc(F)c1Br)c1cncc2ccccc12. The van der Waals surface area contributed by atoms with Crippen LogP contribution in [0.4, 0.5) is 4.39 Å². The van der Waals surface area contributed by atoms with Gasteiger partial charge in [-0.2, -0.15) is 0 Å². The molecule has 1 aromatic heterocycles. The van der Waals surface area contributed by atoms with Gasteiger partial charge in [-0.15, -0.1) is 0 Å². The van der Waals surface area contributed by atoms with Gasteiger partial charge in [0.15, 0.2) is 0 Å². The van der Waals surface area contributed by atoms with Crippen LogP contribution in [0.3, 0.4) is 0 Å². The van der Waals surface area contributed by atoms with Gasteiger partial charge in [-0.25, -0.2) is 4.39 Å². The first-order valence-corrected chi connectivity index (χ1v) is 7.00. The van der Waals surface area contributed by atoms with Crippen molar-refractivity contribution in [2.45, 2.75) is 6.04 Å². The minimum Gasteiger partial charge on any atom is -0.320 e. The summed E-state index contributed by atoms with van der Waals surface area (Å²) >= 11 is 3.27. The standard InChI is InChI=1S/C16H12BrFN2/c17-15-12(6-3-7-14(15)18)16(19)13-9-20-8-10-4-1-2-5-11(10)13/h1-9,16H,19H2. The van der Waals surface area contributed by atoms with E-state index in [1.807, 2.05) is 30.3 Å². The van der Waals surface area contributed by atoms with Gasteiger partial charge in [0.2, 0.25) is 0 Å². The molecule has 0 aliphatic carbocycles. The molecule has 1 heterocycles. The fraction of sp³-hybridized carbons (Fsp3) is 0.0625. The summed E-state index contributed by atoms with van der Waals surface area (Å²) in [5, 5.41) is 2.05. The van der Waals surface area contributed by atoms with Gasteiger partial charge in [0.1, 0.15) is 5.82 Å². The second kappa shape index (κ2) is 5.31. The molecule has 100 valence electrons. The molecule has 0 aliphatic heterocycles. The number of benzene rings is 2. The van der Waals surface area contributed by atoms with Crippen LogP contribution in [-0.2, 0) is 0 Å². The van der Waals surface area contributed by atoms with Crippen molar-refractivity contribution in [2.24, 2.45) is 5.73 Å². The highest BCUT2D eigenvalue weighted by Crippen LogP contribution is 2.31. The number of fused-ring (bicyclic) bond motifs is 1. The van der Waals surface area contributed by atoms with E-state index in [4.69, 9.17) is 5.73 Å². The zero-order valence-electron chi connectivity index (χ0n) is 10.6. The van der Waals surface area contributed by atoms with E-state index < -0.39 is 6.04 Å². The van der Waals surface area contributed by atoms with Crippen LogP contribution in [0.2, 0.25) is 0 Å². The summed E-state index contributed by atoms with van der Waals surface area (Å²) in [6.07, 6.45) is 3.54. The Morgan fingerprint density at radius 3 is 2.65 bits per heavy atom. The van der Waals surface area contributed by atoms with Gasteiger partial charge >= 0.3 is 0 Å². The summed E-state index contributed by atoms with van der Waals surface area (Å²) in [7, 11) is 0. The Hall–Kier alpha value is -1.78. The number of rotatable bonds is 2. The lowest BCUT2D eigenvalue weighted by Gasteiger charge is -2.16. The molecule has 1 unspecified atom stereocenters. The minimum atomic E-state index is -0.432. The molecule has 0 amide bonds. The monoisotopic (exact) mass is 330 g/mol. The third-order valence-corrected chi connectivity index (χ3v) is 4.19. The summed E-state index contributed by atoms with van der Waals surface area (Å²) < 4.78 is 14.1. The highest BCUT2D eigenvalue weighted by molar-refractivity contribution is 9.10. The van der Waals surface area contributed by atoms with E-state index in [1.54, 1.807) is 18.5 Å². The molecule has 0 aliphatic rings. The van der Waals surface area contributed by atoms with E-state index in [0.29, 0.717) is 10.0 Å². The lowest BCUT2D eigenvalue weighted by Crippen LogP contribution is -2.13. The molecule has 3 rings (SSSR count). The first-order chi connectivity index (χ1) is 9.68. The molecule has 2 nitrogen and oxygen atoms in total. The van der Waals surface area contributed by atoms with Crippen LogP contribution < -0.4 is 5.73 Å². The molecular formula is C16H12BrFN2. The van der Waals surface area contributed by atoms with Crippen LogP contribution >= 0.6 is 15.9 Å². The zero-order valence-corrected chi connectivity index (χ0v) is 12.1. The summed E-state index contributed by atoms with van der Waals surface area (Å²) in [6, 6.07) is 12.4. The largest absolute Gasteiger partial charge is 0.320 e. The van der Waals surface area contributed by atoms with Crippen molar-refractivity contribution >= 4 is 26.7 Å². The lowest BCUT2D eigenvalue weighted by molar-refractivity contribution is 0.616. The molecule has 3 aromatic rings. The molecule has 0 saturated heterocycles. The smallest absolute Gasteiger partial charge is 0.137 e. The van der Waals surface area contributed by atoms with E-state index in [1.165, 1.54) is 6.07 Å². The molecule has 1 atom stereocenters. The van der Waals surface area contributed by atoms with E-state index >= 15 is 0 Å². The molecule has 4 heteroatoms. The number of hydrogen-bond donors (Lipinski definition) is 1. The maximum Gasteiger partial charge on any atom is 0.137 e. The van der Waals surface area contributed by atoms with Crippen LogP contribution in [0, 0.1) is 5.82 Å². The van der Waals surface area contributed by atoms with Crippen LogP contribution in [0.1, 0.15) is 17.2 Å². The highest BCUT2D eigenvalue weighted by Gasteiger charge is 2.17. The zero-order chi connectivity index (χ0) is 14.1. The normalized spacial score (nSPS) is 12.6. The number of nitrogens with two attached hydrogens (primary N) is 1. The average Bonchev–Trinajstić information content (AvgIpc) is 2.49. The van der Waals surface area contributed by atoms with Gasteiger partial charge in [-0.1, -0.05) is 36.4 Å². The Balaban J connectivity index is 2.18. The van der Waals surface area contributed by atoms with Gasteiger partial charge < -0.3 is 5.73 Å². The maximum absolute atomic E-state index is 13.7. The number of aromatic nitrogens is 1. The van der Waals surface area contributed by atoms with E-state index in [-0.39, 0.29) is 5.82 Å². The Bertz CT molecular complexity index is 768. The second-order valence-corrected chi connectivity index (χ2v) is 5.36. The molecule has 0 spiro atoms. The maximum atomic E-state index is 13.7. The number of halogens is 2. The third kappa shape index (κ3) is 2.21. The molecule has 2 N–H and O–H groups in total. The Morgan fingerprint density at radius 1 is 1.00 bits per heavy atom. The van der Waals surface area contributed by atoms with E-state index in [2.05, 4.69) is 20.9 Å². The molecule has 20 heavy (non-hydrogen) atoms. The molecule has 0 fully saturated rings. The van der Waals surface area contributed by atoms with Crippen molar-refractivity contribution in [3.8, 4) is 0 Å². The fourth-order valence-electron chi connectivity index (χ4n) is 2.32. The quantitative estimate of drug-likeness (QED) is 0.765. The molecule has 0 saturated carbocycles. The van der Waals surface area contributed by atoms with Crippen LogP contribution in [0.25, 0.3) is 10.8 Å². The van der Waals surface area contributed by atoms with Crippen LogP contribution in [0.5, 0.6) is 0 Å². The molecule has 2 aromatic carbocycles. The minimum absolute atomic E-state index is 0.314. The lowest BCUT2D eigenvalue weighted by atomic mass is 9.96. The molecule has 0 bridgehead atoms. The molecular weight excluding hydrogens is 319 g/mol. The highest BCUT2D eigenvalue weighted by atomic mass is 79.9. The van der Waals surface area contributed by atoms with Crippen molar-refractivity contribution in [1.29, 1.82) is 0 Å². The van der Waals surface area contributed by atoms with Crippen molar-refractivity contribution in [3.63, 3.8) is 0 Å². The second-order valence-electron chi connectivity index (χ2n) is 4.57. The summed E-state index contributed by atoms with van der Waals surface area (Å²) in [6.45, 7) is 0. The van der Waals surface area contributed by atoms with E-state index in [0.717, 1.165) is 16.3 Å². The number of pyridine rings is 1. The summed E-state index contributed by atoms with van der Waals surface area (Å²) in [4.78, 5) is 4.22. The Morgan fingerprint density at radius 2 is 1.80 bits per heavy atom. The first-order valence-electron chi connectivity index (χ1n) is 6.20. The van der Waals surface area contributed by atoms with Crippen molar-refractivity contribution in [2.75, 3.05) is 0 Å². The van der Waals surface area contributed by atoms with Crippen LogP contribution in [0.15, 0.2) is 59.3 Å². The van der Waals surface area contributed by atoms with Gasteiger partial charge in [0.05, 0.1) is 10.5 Å². The van der Waals surface area contributed by atoms with Crippen LogP contribution in [-0.4, -0.2) is 4.98 Å². The summed E-state index contributed by atoms with van der Waals surface area (Å²) in [5.41, 5.74) is 7.91. The fourth-order valence-corrected chi connectivity index (χ4v) is 2.83. The topological polar surface area (TPSA) is 38.9 Å². The first kappa shape index (κ1) is 13.2. The van der Waals surface area contributed by atoms with Crippen molar-refractivity contribution in [1.82, 2.24) is 4.98 Å². The summed E-state index contributed by atoms with van der Waals surface area (Å²) in [5.74, 6) is -0.314. The van der Waals surface area contributed by atoms with Gasteiger partial charge in [0.25, 0.3) is 0 Å². The Kier molecular flexibility index (Phi) is 3.51. The predicted molar refractivity (Wildman–Crippen MR) is 81.9 cm³/mol. The van der Waals surface area contributed by atoms with Crippen molar-refractivity contribution < 1.29 is 4.39 Å². The van der Waals surface area contributed by atoms with Gasteiger partial charge in [-0.05, 0) is 38.5 Å². The van der Waals surface area contributed by atoms with Gasteiger partial charge in [-0.3, -0.25) is 4.98 Å². The number of nitrogens with zero attached hydrogens (tertiary/aromatic N) is 1. The number of hydrogen-bond acceptors (Lipinski definition) is 2. The molecule has 0 radical (unpaired) electrons. The van der Waals surface area contributed by atoms with E-state index in [9.17, 15) is 4.39 Å². The average molecular weight is 331 g/mol. The van der Waals surface area contributed by atoms with Crippen molar-refractivity contribution in [3.05, 3.63) is 76.3 Å². The Labute approximate surface area is 124 Å². The third-order valence-electron chi connectivity index (χ3n) is 3.35. The van der Waals surface area contributed by atoms with Gasteiger partial charge in [0, 0.05) is 17.8 Å². The predicted octanol–water partition coefficient (Wildman–Crippen LogP) is 4.18.